The molecule has 1 aliphatic carbocycles. The van der Waals surface area contributed by atoms with Gasteiger partial charge in [0.25, 0.3) is 0 Å². The van der Waals surface area contributed by atoms with Gasteiger partial charge in [0.2, 0.25) is 0 Å². The van der Waals surface area contributed by atoms with Crippen molar-refractivity contribution >= 4 is 68.0 Å². The minimum atomic E-state index is 0.372. The maximum absolute atomic E-state index is 5.98. The molecule has 1 heterocycles. The summed E-state index contributed by atoms with van der Waals surface area (Å²) < 4.78 is 1.27. The molecule has 1 aliphatic rings. The number of hydrogen-bond acceptors (Lipinski definition) is 2. The van der Waals surface area contributed by atoms with Gasteiger partial charge in [0.1, 0.15) is 0 Å². The number of halogens is 2. The summed E-state index contributed by atoms with van der Waals surface area (Å²) >= 11 is 14.1. The van der Waals surface area contributed by atoms with Gasteiger partial charge in [-0.3, -0.25) is 4.98 Å². The van der Waals surface area contributed by atoms with Crippen LogP contribution in [0.4, 0.5) is 5.69 Å². The van der Waals surface area contributed by atoms with Crippen molar-refractivity contribution in [3.8, 4) is 0 Å². The van der Waals surface area contributed by atoms with Crippen LogP contribution < -0.4 is 5.32 Å². The minimum Gasteiger partial charge on any atom is -0.350 e. The van der Waals surface area contributed by atoms with Crippen molar-refractivity contribution in [2.24, 2.45) is 11.8 Å². The summed E-state index contributed by atoms with van der Waals surface area (Å²) in [5, 5.41) is 5.46. The molecule has 150 valence electrons. The summed E-state index contributed by atoms with van der Waals surface area (Å²) in [5.74, 6) is 1.61. The summed E-state index contributed by atoms with van der Waals surface area (Å²) in [7, 11) is 0. The number of pyridine rings is 1. The number of aromatic nitrogens is 1. The van der Waals surface area contributed by atoms with E-state index in [1.807, 2.05) is 30.5 Å². The van der Waals surface area contributed by atoms with E-state index in [2.05, 4.69) is 64.1 Å². The van der Waals surface area contributed by atoms with Crippen LogP contribution in [0.5, 0.6) is 0 Å². The van der Waals surface area contributed by atoms with Gasteiger partial charge in [0.05, 0.1) is 10.5 Å². The zero-order valence-corrected chi connectivity index (χ0v) is 20.1. The van der Waals surface area contributed by atoms with E-state index in [1.165, 1.54) is 40.2 Å². The molecule has 0 spiro atoms. The van der Waals surface area contributed by atoms with Crippen molar-refractivity contribution in [2.45, 2.75) is 38.5 Å². The molecular weight excluding hydrogens is 511 g/mol. The molecule has 0 saturated heterocycles. The lowest BCUT2D eigenvalue weighted by Crippen LogP contribution is -2.28. The highest BCUT2D eigenvalue weighted by Crippen LogP contribution is 2.41. The molecule has 3 aromatic rings. The second-order valence-electron chi connectivity index (χ2n) is 7.96. The third-order valence-corrected chi connectivity index (χ3v) is 7.58. The quantitative estimate of drug-likeness (QED) is 0.273. The summed E-state index contributed by atoms with van der Waals surface area (Å²) in [6.07, 6.45) is 6.81. The van der Waals surface area contributed by atoms with Crippen molar-refractivity contribution in [3.63, 3.8) is 0 Å². The highest BCUT2D eigenvalue weighted by molar-refractivity contribution is 14.1. The molecule has 0 radical (unpaired) electrons. The van der Waals surface area contributed by atoms with Gasteiger partial charge in [-0.05, 0) is 114 Å². The van der Waals surface area contributed by atoms with Crippen LogP contribution in [0.1, 0.15) is 44.1 Å². The Morgan fingerprint density at radius 3 is 2.55 bits per heavy atom. The van der Waals surface area contributed by atoms with Gasteiger partial charge in [-0.1, -0.05) is 30.7 Å². The highest BCUT2D eigenvalue weighted by Gasteiger charge is 2.28. The third kappa shape index (κ3) is 4.92. The lowest BCUT2D eigenvalue weighted by atomic mass is 9.73. The van der Waals surface area contributed by atoms with E-state index < -0.39 is 0 Å². The molecule has 1 aromatic heterocycles. The SMILES string of the molecule is CC(C(=S)Nc1ccc(Cl)cc1)C1CCC(c2ccnc3ccc(I)cc23)CC1. The predicted octanol–water partition coefficient (Wildman–Crippen LogP) is 7.84. The molecule has 1 atom stereocenters. The van der Waals surface area contributed by atoms with Gasteiger partial charge in [0.15, 0.2) is 0 Å². The number of hydrogen-bond donors (Lipinski definition) is 1. The monoisotopic (exact) mass is 534 g/mol. The van der Waals surface area contributed by atoms with Gasteiger partial charge in [-0.15, -0.1) is 0 Å². The van der Waals surface area contributed by atoms with E-state index in [0.29, 0.717) is 17.8 Å². The topological polar surface area (TPSA) is 24.9 Å². The van der Waals surface area contributed by atoms with Crippen LogP contribution in [0.25, 0.3) is 10.9 Å². The van der Waals surface area contributed by atoms with Crippen LogP contribution >= 0.6 is 46.4 Å². The average Bonchev–Trinajstić information content (AvgIpc) is 2.74. The van der Waals surface area contributed by atoms with Crippen molar-refractivity contribution in [1.29, 1.82) is 0 Å². The molecule has 4 rings (SSSR count). The molecule has 1 saturated carbocycles. The largest absolute Gasteiger partial charge is 0.350 e. The first-order chi connectivity index (χ1) is 14.0. The molecule has 1 unspecified atom stereocenters. The maximum atomic E-state index is 5.98. The van der Waals surface area contributed by atoms with E-state index in [1.54, 1.807) is 0 Å². The summed E-state index contributed by atoms with van der Waals surface area (Å²) in [5.41, 5.74) is 3.58. The third-order valence-electron chi connectivity index (χ3n) is 6.18. The van der Waals surface area contributed by atoms with E-state index in [0.717, 1.165) is 21.2 Å². The molecule has 1 N–H and O–H groups in total. The number of benzene rings is 2. The van der Waals surface area contributed by atoms with Gasteiger partial charge < -0.3 is 5.32 Å². The molecule has 2 aromatic carbocycles. The average molecular weight is 535 g/mol. The zero-order chi connectivity index (χ0) is 20.4. The maximum Gasteiger partial charge on any atom is 0.0828 e. The van der Waals surface area contributed by atoms with E-state index in [9.17, 15) is 0 Å². The molecule has 0 aliphatic heterocycles. The zero-order valence-electron chi connectivity index (χ0n) is 16.4. The standard InChI is InChI=1S/C24H24ClIN2S/c1-15(24(29)28-20-9-6-18(25)7-10-20)16-2-4-17(5-3-16)21-12-13-27-23-11-8-19(26)14-22(21)23/h6-17H,2-5H2,1H3,(H,28,29). The first kappa shape index (κ1) is 21.0. The van der Waals surface area contributed by atoms with E-state index >= 15 is 0 Å². The fraction of sp³-hybridized carbons (Fsp3) is 0.333. The minimum absolute atomic E-state index is 0.372. The Kier molecular flexibility index (Phi) is 6.72. The number of rotatable bonds is 4. The second-order valence-corrected chi connectivity index (χ2v) is 10.1. The molecule has 0 amide bonds. The smallest absolute Gasteiger partial charge is 0.0828 e. The van der Waals surface area contributed by atoms with E-state index in [-0.39, 0.29) is 0 Å². The van der Waals surface area contributed by atoms with Gasteiger partial charge >= 0.3 is 0 Å². The van der Waals surface area contributed by atoms with Gasteiger partial charge in [-0.2, -0.15) is 0 Å². The number of nitrogens with zero attached hydrogens (tertiary/aromatic N) is 1. The Bertz CT molecular complexity index is 1010. The summed E-state index contributed by atoms with van der Waals surface area (Å²) in [6.45, 7) is 2.26. The Morgan fingerprint density at radius 1 is 1.10 bits per heavy atom. The Morgan fingerprint density at radius 2 is 1.83 bits per heavy atom. The first-order valence-electron chi connectivity index (χ1n) is 10.1. The molecule has 29 heavy (non-hydrogen) atoms. The number of nitrogens with one attached hydrogen (secondary N) is 1. The lowest BCUT2D eigenvalue weighted by molar-refractivity contribution is 0.289. The van der Waals surface area contributed by atoms with Crippen molar-refractivity contribution in [2.75, 3.05) is 5.32 Å². The predicted molar refractivity (Wildman–Crippen MR) is 136 cm³/mol. The fourth-order valence-electron chi connectivity index (χ4n) is 4.43. The van der Waals surface area contributed by atoms with Crippen molar-refractivity contribution < 1.29 is 0 Å². The molecule has 2 nitrogen and oxygen atoms in total. The Balaban J connectivity index is 1.41. The summed E-state index contributed by atoms with van der Waals surface area (Å²) in [4.78, 5) is 5.48. The number of anilines is 1. The molecule has 5 heteroatoms. The molecular formula is C24H24ClIN2S. The van der Waals surface area contributed by atoms with Crippen LogP contribution in [-0.4, -0.2) is 9.97 Å². The Labute approximate surface area is 196 Å². The van der Waals surface area contributed by atoms with Gasteiger partial charge in [-0.25, -0.2) is 0 Å². The van der Waals surface area contributed by atoms with Crippen LogP contribution in [-0.2, 0) is 0 Å². The Hall–Kier alpha value is -1.24. The first-order valence-corrected chi connectivity index (χ1v) is 12.0. The summed E-state index contributed by atoms with van der Waals surface area (Å²) in [6, 6.07) is 16.5. The number of fused-ring (bicyclic) bond motifs is 1. The highest BCUT2D eigenvalue weighted by atomic mass is 127. The molecule has 0 bridgehead atoms. The normalized spacial score (nSPS) is 20.4. The second kappa shape index (κ2) is 9.27. The fourth-order valence-corrected chi connectivity index (χ4v) is 5.36. The lowest BCUT2D eigenvalue weighted by Gasteiger charge is -2.33. The molecule has 1 fully saturated rings. The van der Waals surface area contributed by atoms with Gasteiger partial charge in [0, 0.05) is 31.8 Å². The van der Waals surface area contributed by atoms with Crippen molar-refractivity contribution in [3.05, 3.63) is 68.9 Å². The van der Waals surface area contributed by atoms with Crippen LogP contribution in [0.2, 0.25) is 5.02 Å². The van der Waals surface area contributed by atoms with Crippen molar-refractivity contribution in [1.82, 2.24) is 4.98 Å². The van der Waals surface area contributed by atoms with Crippen LogP contribution in [0.3, 0.4) is 0 Å². The van der Waals surface area contributed by atoms with E-state index in [4.69, 9.17) is 23.8 Å². The number of thiocarbonyl (C=S) groups is 1. The van der Waals surface area contributed by atoms with Crippen LogP contribution in [0.15, 0.2) is 54.7 Å². The van der Waals surface area contributed by atoms with Crippen LogP contribution in [0, 0.1) is 15.4 Å².